The summed E-state index contributed by atoms with van der Waals surface area (Å²) in [7, 11) is 0. The van der Waals surface area contributed by atoms with Crippen LogP contribution in [-0.4, -0.2) is 84.5 Å². The first-order valence-corrected chi connectivity index (χ1v) is 21.7. The molecule has 0 saturated heterocycles. The lowest BCUT2D eigenvalue weighted by atomic mass is 9.81. The van der Waals surface area contributed by atoms with Crippen LogP contribution in [-0.2, 0) is 38.1 Å². The number of alkyl carbamates (subject to hydrolysis) is 1. The first-order valence-electron chi connectivity index (χ1n) is 21.7. The molecule has 4 amide bonds. The molecule has 1 unspecified atom stereocenters. The monoisotopic (exact) mass is 848 g/mol. The second-order valence-corrected chi connectivity index (χ2v) is 19.1. The fourth-order valence-electron chi connectivity index (χ4n) is 7.59. The van der Waals surface area contributed by atoms with E-state index in [0.717, 1.165) is 24.0 Å². The molecule has 2 aromatic carbocycles. The number of ether oxygens (including phenoxy) is 4. The Bertz CT molecular complexity index is 1790. The number of nitrogens with one attached hydrogen (secondary N) is 4. The smallest absolute Gasteiger partial charge is 0.407 e. The summed E-state index contributed by atoms with van der Waals surface area (Å²) in [5, 5.41) is 11.2. The molecule has 0 heterocycles. The Morgan fingerprint density at radius 1 is 0.639 bits per heavy atom. The normalized spacial score (nSPS) is 17.4. The largest absolute Gasteiger partial charge is 0.460 e. The maximum atomic E-state index is 13.2. The zero-order valence-corrected chi connectivity index (χ0v) is 37.6. The van der Waals surface area contributed by atoms with Crippen molar-refractivity contribution < 1.29 is 47.7 Å². The number of rotatable bonds is 17. The Kier molecular flexibility index (Phi) is 17.2. The van der Waals surface area contributed by atoms with Crippen LogP contribution in [0.2, 0.25) is 0 Å². The van der Waals surface area contributed by atoms with E-state index < -0.39 is 58.9 Å². The summed E-state index contributed by atoms with van der Waals surface area (Å²) in [6.07, 6.45) is 3.62. The molecule has 0 radical (unpaired) electrons. The van der Waals surface area contributed by atoms with E-state index in [9.17, 15) is 28.8 Å². The molecular weight excluding hydrogens is 781 g/mol. The van der Waals surface area contributed by atoms with Gasteiger partial charge in [0.05, 0.1) is 0 Å². The van der Waals surface area contributed by atoms with Gasteiger partial charge in [0.15, 0.2) is 0 Å². The van der Waals surface area contributed by atoms with Gasteiger partial charge in [-0.1, -0.05) is 48.5 Å². The molecule has 2 atom stereocenters. The number of fused-ring (bicyclic) bond motifs is 3. The van der Waals surface area contributed by atoms with Crippen molar-refractivity contribution in [2.45, 2.75) is 155 Å². The minimum Gasteiger partial charge on any atom is -0.460 e. The van der Waals surface area contributed by atoms with Crippen molar-refractivity contribution in [2.75, 3.05) is 19.7 Å². The average molecular weight is 849 g/mol. The van der Waals surface area contributed by atoms with Crippen molar-refractivity contribution in [3.63, 3.8) is 0 Å². The highest BCUT2D eigenvalue weighted by Gasteiger charge is 2.33. The number of hydrogen-bond donors (Lipinski definition) is 4. The van der Waals surface area contributed by atoms with Crippen molar-refractivity contribution in [2.24, 2.45) is 11.8 Å². The fraction of sp³-hybridized carbons (Fsp3) is 0.617. The van der Waals surface area contributed by atoms with Crippen LogP contribution < -0.4 is 21.3 Å². The second kappa shape index (κ2) is 21.6. The van der Waals surface area contributed by atoms with E-state index >= 15 is 0 Å². The van der Waals surface area contributed by atoms with Gasteiger partial charge in [-0.25, -0.2) is 19.2 Å². The highest BCUT2D eigenvalue weighted by molar-refractivity contribution is 5.87. The number of esters is 3. The van der Waals surface area contributed by atoms with Crippen LogP contribution in [0.4, 0.5) is 9.59 Å². The standard InChI is InChI=1S/C47H68N4O10/c1-45(2,3)59-39(52)26-25-38(42(55)61-47(7,8)9)51-43(56)50-37(41(54)60-46(4,5)6)20-14-15-27-48-40(53)31-23-21-30(22-24-31)28-49-44(57)58-29-36-34-18-12-10-16-32(34)33-17-11-13-19-35(33)36/h10-13,16-19,30-31,36-38H,14-15,20-29H2,1-9H3,(H,48,53)(H,49,57)(H2,50,51,56)/t30?,31?,37?,38-/m0/s1. The van der Waals surface area contributed by atoms with Crippen LogP contribution in [0, 0.1) is 11.8 Å². The minimum absolute atomic E-state index is 0.00313. The summed E-state index contributed by atoms with van der Waals surface area (Å²) in [5.41, 5.74) is 2.30. The third-order valence-electron chi connectivity index (χ3n) is 10.4. The first kappa shape index (κ1) is 48.5. The van der Waals surface area contributed by atoms with E-state index in [1.807, 2.05) is 24.3 Å². The van der Waals surface area contributed by atoms with Gasteiger partial charge in [0.2, 0.25) is 5.91 Å². The van der Waals surface area contributed by atoms with Crippen LogP contribution in [0.25, 0.3) is 11.1 Å². The zero-order chi connectivity index (χ0) is 45.0. The molecule has 0 bridgehead atoms. The van der Waals surface area contributed by atoms with Gasteiger partial charge in [0, 0.05) is 31.3 Å². The topological polar surface area (TPSA) is 187 Å². The van der Waals surface area contributed by atoms with E-state index in [4.69, 9.17) is 18.9 Å². The third-order valence-corrected chi connectivity index (χ3v) is 10.4. The third kappa shape index (κ3) is 16.3. The van der Waals surface area contributed by atoms with Crippen LogP contribution in [0.15, 0.2) is 48.5 Å². The number of hydrogen-bond acceptors (Lipinski definition) is 10. The highest BCUT2D eigenvalue weighted by atomic mass is 16.6. The van der Waals surface area contributed by atoms with E-state index in [-0.39, 0.29) is 49.5 Å². The van der Waals surface area contributed by atoms with Crippen LogP contribution in [0.3, 0.4) is 0 Å². The van der Waals surface area contributed by atoms with Gasteiger partial charge < -0.3 is 40.2 Å². The van der Waals surface area contributed by atoms with Gasteiger partial charge in [0.1, 0.15) is 35.5 Å². The van der Waals surface area contributed by atoms with Gasteiger partial charge >= 0.3 is 30.0 Å². The molecule has 4 rings (SSSR count). The summed E-state index contributed by atoms with van der Waals surface area (Å²) in [4.78, 5) is 77.7. The summed E-state index contributed by atoms with van der Waals surface area (Å²) in [5.74, 6) is -1.80. The first-order chi connectivity index (χ1) is 28.6. The Balaban J connectivity index is 1.18. The number of unbranched alkanes of at least 4 members (excludes halogenated alkanes) is 1. The molecule has 0 aromatic heterocycles. The van der Waals surface area contributed by atoms with Gasteiger partial charge in [-0.05, 0) is 142 Å². The summed E-state index contributed by atoms with van der Waals surface area (Å²) < 4.78 is 22.1. The molecule has 1 saturated carbocycles. The Morgan fingerprint density at radius 2 is 1.15 bits per heavy atom. The van der Waals surface area contributed by atoms with Gasteiger partial charge in [0.25, 0.3) is 0 Å². The summed E-state index contributed by atoms with van der Waals surface area (Å²) in [6, 6.07) is 13.4. The lowest BCUT2D eigenvalue weighted by Crippen LogP contribution is -2.53. The number of carbonyl (C=O) groups excluding carboxylic acids is 6. The van der Waals surface area contributed by atoms with Crippen molar-refractivity contribution >= 4 is 35.9 Å². The van der Waals surface area contributed by atoms with E-state index in [2.05, 4.69) is 45.5 Å². The number of amides is 4. The van der Waals surface area contributed by atoms with E-state index in [0.29, 0.717) is 38.8 Å². The lowest BCUT2D eigenvalue weighted by Gasteiger charge is -2.28. The number of urea groups is 1. The molecule has 2 aliphatic rings. The molecule has 14 heteroatoms. The highest BCUT2D eigenvalue weighted by Crippen LogP contribution is 2.44. The molecule has 0 spiro atoms. The van der Waals surface area contributed by atoms with Gasteiger partial charge in [-0.15, -0.1) is 0 Å². The molecule has 2 aromatic rings. The fourth-order valence-corrected chi connectivity index (χ4v) is 7.59. The van der Waals surface area contributed by atoms with Crippen LogP contribution in [0.5, 0.6) is 0 Å². The maximum Gasteiger partial charge on any atom is 0.407 e. The number of carbonyl (C=O) groups is 6. The Hall–Kier alpha value is -5.14. The van der Waals surface area contributed by atoms with Crippen molar-refractivity contribution in [1.29, 1.82) is 0 Å². The quantitative estimate of drug-likeness (QED) is 0.0707. The number of benzene rings is 2. The SMILES string of the molecule is CC(C)(C)OC(=O)CC[C@H](NC(=O)NC(CCCCNC(=O)C1CCC(CNC(=O)OCC2c3ccccc3-c3ccccc32)CC1)C(=O)OC(C)(C)C)C(=O)OC(C)(C)C. The van der Waals surface area contributed by atoms with Crippen molar-refractivity contribution in [3.05, 3.63) is 59.7 Å². The molecule has 61 heavy (non-hydrogen) atoms. The average Bonchev–Trinajstić information content (AvgIpc) is 3.48. The molecule has 336 valence electrons. The summed E-state index contributed by atoms with van der Waals surface area (Å²) >= 11 is 0. The molecule has 4 N–H and O–H groups in total. The molecule has 14 nitrogen and oxygen atoms in total. The van der Waals surface area contributed by atoms with Gasteiger partial charge in [-0.2, -0.15) is 0 Å². The predicted molar refractivity (Wildman–Crippen MR) is 231 cm³/mol. The molecule has 2 aliphatic carbocycles. The lowest BCUT2D eigenvalue weighted by molar-refractivity contribution is -0.159. The Morgan fingerprint density at radius 3 is 1.67 bits per heavy atom. The van der Waals surface area contributed by atoms with Crippen LogP contribution in [0.1, 0.15) is 137 Å². The van der Waals surface area contributed by atoms with Crippen LogP contribution >= 0.6 is 0 Å². The van der Waals surface area contributed by atoms with Gasteiger partial charge in [-0.3, -0.25) is 9.59 Å². The maximum absolute atomic E-state index is 13.2. The molecular formula is C47H68N4O10. The van der Waals surface area contributed by atoms with Crippen molar-refractivity contribution in [1.82, 2.24) is 21.3 Å². The van der Waals surface area contributed by atoms with Crippen molar-refractivity contribution in [3.8, 4) is 11.1 Å². The predicted octanol–water partition coefficient (Wildman–Crippen LogP) is 7.46. The van der Waals surface area contributed by atoms with E-state index in [1.165, 1.54) is 11.1 Å². The Labute approximate surface area is 361 Å². The summed E-state index contributed by atoms with van der Waals surface area (Å²) in [6.45, 7) is 16.6. The second-order valence-electron chi connectivity index (χ2n) is 19.1. The zero-order valence-electron chi connectivity index (χ0n) is 37.6. The minimum atomic E-state index is -1.19. The van der Waals surface area contributed by atoms with E-state index in [1.54, 1.807) is 62.3 Å². The molecule has 0 aliphatic heterocycles. The molecule has 1 fully saturated rings.